The van der Waals surface area contributed by atoms with E-state index in [4.69, 9.17) is 18.9 Å². The van der Waals surface area contributed by atoms with Crippen molar-refractivity contribution in [3.05, 3.63) is 21.9 Å². The van der Waals surface area contributed by atoms with Gasteiger partial charge in [-0.2, -0.15) is 0 Å². The largest absolute Gasteiger partial charge is 0.368 e. The quantitative estimate of drug-likeness (QED) is 0.799. The summed E-state index contributed by atoms with van der Waals surface area (Å²) in [7, 11) is 0. The van der Waals surface area contributed by atoms with Crippen LogP contribution in [0.1, 0.15) is 37.1 Å². The smallest absolute Gasteiger partial charge is 0.197 e. The summed E-state index contributed by atoms with van der Waals surface area (Å²) < 4.78 is 36.4. The van der Waals surface area contributed by atoms with E-state index in [-0.39, 0.29) is 18.3 Å². The highest BCUT2D eigenvalue weighted by Gasteiger charge is 2.56. The average Bonchev–Trinajstić information content (AvgIpc) is 3.12. The third-order valence-corrected chi connectivity index (χ3v) is 5.12. The van der Waals surface area contributed by atoms with Crippen molar-refractivity contribution in [2.75, 3.05) is 6.67 Å². The number of fused-ring (bicyclic) bond motifs is 1. The van der Waals surface area contributed by atoms with Gasteiger partial charge in [-0.25, -0.2) is 4.39 Å². The molecule has 0 bridgehead atoms. The molecule has 2 aliphatic rings. The predicted octanol–water partition coefficient (Wildman–Crippen LogP) is 3.57. The van der Waals surface area contributed by atoms with E-state index < -0.39 is 18.8 Å². The molecule has 1 aromatic heterocycles. The van der Waals surface area contributed by atoms with E-state index >= 15 is 0 Å². The molecule has 0 aromatic carbocycles. The van der Waals surface area contributed by atoms with Crippen LogP contribution in [0.15, 0.2) is 11.4 Å². The Morgan fingerprint density at radius 2 is 2.23 bits per heavy atom. The summed E-state index contributed by atoms with van der Waals surface area (Å²) in [5.41, 5.74) is 1.18. The number of halogens is 1. The maximum Gasteiger partial charge on any atom is 0.197 e. The van der Waals surface area contributed by atoms with Crippen LogP contribution in [0.2, 0.25) is 0 Å². The van der Waals surface area contributed by atoms with Crippen LogP contribution in [-0.2, 0) is 25.6 Å². The van der Waals surface area contributed by atoms with Crippen molar-refractivity contribution in [1.82, 2.24) is 0 Å². The number of rotatable bonds is 6. The summed E-state index contributed by atoms with van der Waals surface area (Å²) >= 11 is 1.70. The van der Waals surface area contributed by atoms with Crippen molar-refractivity contribution >= 4 is 11.3 Å². The van der Waals surface area contributed by atoms with E-state index in [1.165, 1.54) is 10.4 Å². The van der Waals surface area contributed by atoms with Crippen LogP contribution in [0.5, 0.6) is 0 Å². The first-order valence-electron chi connectivity index (χ1n) is 7.78. The van der Waals surface area contributed by atoms with Gasteiger partial charge in [-0.05, 0) is 37.3 Å². The van der Waals surface area contributed by atoms with E-state index in [9.17, 15) is 4.39 Å². The monoisotopic (exact) mass is 330 g/mol. The molecule has 6 heteroatoms. The maximum atomic E-state index is 13.1. The molecule has 3 rings (SSSR count). The van der Waals surface area contributed by atoms with Crippen molar-refractivity contribution in [3.8, 4) is 0 Å². The third kappa shape index (κ3) is 3.08. The Hall–Kier alpha value is -0.530. The Bertz CT molecular complexity index is 508. The van der Waals surface area contributed by atoms with E-state index in [2.05, 4.69) is 25.3 Å². The van der Waals surface area contributed by atoms with Crippen molar-refractivity contribution in [3.63, 3.8) is 0 Å². The molecular weight excluding hydrogens is 307 g/mol. The Morgan fingerprint density at radius 3 is 2.86 bits per heavy atom. The van der Waals surface area contributed by atoms with E-state index in [0.29, 0.717) is 6.61 Å². The minimum absolute atomic E-state index is 0.0666. The van der Waals surface area contributed by atoms with Crippen LogP contribution in [0.4, 0.5) is 4.39 Å². The van der Waals surface area contributed by atoms with Gasteiger partial charge in [-0.1, -0.05) is 13.3 Å². The van der Waals surface area contributed by atoms with E-state index in [1.54, 1.807) is 18.3 Å². The zero-order valence-electron chi connectivity index (χ0n) is 13.2. The molecule has 22 heavy (non-hydrogen) atoms. The number of aryl methyl sites for hydroxylation is 1. The van der Waals surface area contributed by atoms with Crippen molar-refractivity contribution in [2.24, 2.45) is 0 Å². The number of hydrogen-bond donors (Lipinski definition) is 0. The Morgan fingerprint density at radius 1 is 1.41 bits per heavy atom. The summed E-state index contributed by atoms with van der Waals surface area (Å²) in [5.74, 6) is -1.22. The SMILES string of the molecule is CCC[C@H]1O[C@@H]2OC(C)(CF)O[C@@H]2[C@H]1OCc1ccsc1C. The first-order valence-corrected chi connectivity index (χ1v) is 8.66. The molecule has 1 aromatic rings. The maximum absolute atomic E-state index is 13.1. The van der Waals surface area contributed by atoms with Gasteiger partial charge in [-0.3, -0.25) is 0 Å². The molecule has 2 saturated heterocycles. The first kappa shape index (κ1) is 16.3. The molecular formula is C16H23FO4S. The predicted molar refractivity (Wildman–Crippen MR) is 81.5 cm³/mol. The van der Waals surface area contributed by atoms with Gasteiger partial charge in [0.1, 0.15) is 18.9 Å². The second kappa shape index (κ2) is 6.53. The molecule has 3 heterocycles. The lowest BCUT2D eigenvalue weighted by Gasteiger charge is -2.26. The van der Waals surface area contributed by atoms with Crippen molar-refractivity contribution in [1.29, 1.82) is 0 Å². The molecule has 1 unspecified atom stereocenters. The summed E-state index contributed by atoms with van der Waals surface area (Å²) in [6.07, 6.45) is 0.670. The number of thiophene rings is 1. The molecule has 0 amide bonds. The summed E-state index contributed by atoms with van der Waals surface area (Å²) in [4.78, 5) is 1.25. The van der Waals surface area contributed by atoms with Crippen LogP contribution in [-0.4, -0.2) is 37.1 Å². The molecule has 0 spiro atoms. The molecule has 2 aliphatic heterocycles. The zero-order valence-corrected chi connectivity index (χ0v) is 14.0. The molecule has 4 nitrogen and oxygen atoms in total. The van der Waals surface area contributed by atoms with Gasteiger partial charge in [-0.15, -0.1) is 11.3 Å². The first-order chi connectivity index (χ1) is 10.6. The van der Waals surface area contributed by atoms with Crippen molar-refractivity contribution in [2.45, 2.75) is 70.6 Å². The second-order valence-electron chi connectivity index (χ2n) is 6.08. The molecule has 5 atom stereocenters. The number of alkyl halides is 1. The van der Waals surface area contributed by atoms with Crippen molar-refractivity contribution < 1.29 is 23.3 Å². The van der Waals surface area contributed by atoms with Crippen LogP contribution >= 0.6 is 11.3 Å². The molecule has 124 valence electrons. The lowest BCUT2D eigenvalue weighted by atomic mass is 10.1. The minimum Gasteiger partial charge on any atom is -0.368 e. The minimum atomic E-state index is -1.22. The summed E-state index contributed by atoms with van der Waals surface area (Å²) in [5, 5.41) is 2.06. The van der Waals surface area contributed by atoms with Gasteiger partial charge >= 0.3 is 0 Å². The van der Waals surface area contributed by atoms with Gasteiger partial charge in [0, 0.05) is 4.88 Å². The van der Waals surface area contributed by atoms with E-state index in [1.807, 2.05) is 0 Å². The fraction of sp³-hybridized carbons (Fsp3) is 0.750. The standard InChI is InChI=1S/C16H23FO4S/c1-4-5-12-13(18-8-11-6-7-22-10(11)2)14-15(19-12)21-16(3,9-17)20-14/h6-7,12-15H,4-5,8-9H2,1-3H3/t12-,13+,14-,15-,16?/m1/s1. The molecule has 0 aliphatic carbocycles. The van der Waals surface area contributed by atoms with Gasteiger partial charge in [0.2, 0.25) is 0 Å². The zero-order chi connectivity index (χ0) is 15.7. The highest BCUT2D eigenvalue weighted by atomic mass is 32.1. The fourth-order valence-corrected chi connectivity index (χ4v) is 3.72. The second-order valence-corrected chi connectivity index (χ2v) is 7.20. The number of ether oxygens (including phenoxy) is 4. The highest BCUT2D eigenvalue weighted by Crippen LogP contribution is 2.40. The molecule has 0 radical (unpaired) electrons. The van der Waals surface area contributed by atoms with E-state index in [0.717, 1.165) is 12.8 Å². The van der Waals surface area contributed by atoms with Gasteiger partial charge < -0.3 is 18.9 Å². The fourth-order valence-electron chi connectivity index (χ4n) is 3.00. The van der Waals surface area contributed by atoms with Crippen LogP contribution in [0.3, 0.4) is 0 Å². The Labute approximate surface area is 134 Å². The topological polar surface area (TPSA) is 36.9 Å². The van der Waals surface area contributed by atoms with Crippen LogP contribution < -0.4 is 0 Å². The van der Waals surface area contributed by atoms with Gasteiger partial charge in [0.05, 0.1) is 12.7 Å². The number of hydrogen-bond acceptors (Lipinski definition) is 5. The van der Waals surface area contributed by atoms with Crippen LogP contribution in [0.25, 0.3) is 0 Å². The average molecular weight is 330 g/mol. The summed E-state index contributed by atoms with van der Waals surface area (Å²) in [6.45, 7) is 5.60. The normalized spacial score (nSPS) is 37.6. The lowest BCUT2D eigenvalue weighted by Crippen LogP contribution is -2.38. The van der Waals surface area contributed by atoms with Crippen LogP contribution in [0, 0.1) is 6.92 Å². The lowest BCUT2D eigenvalue weighted by molar-refractivity contribution is -0.234. The molecule has 0 saturated carbocycles. The van der Waals surface area contributed by atoms with Gasteiger partial charge in [0.15, 0.2) is 12.1 Å². The Balaban J connectivity index is 1.69. The third-order valence-electron chi connectivity index (χ3n) is 4.23. The van der Waals surface area contributed by atoms with Gasteiger partial charge in [0.25, 0.3) is 0 Å². The Kier molecular flexibility index (Phi) is 4.85. The molecule has 0 N–H and O–H groups in total. The highest BCUT2D eigenvalue weighted by molar-refractivity contribution is 7.10. The molecule has 2 fully saturated rings. The summed E-state index contributed by atoms with van der Waals surface area (Å²) in [6, 6.07) is 2.07.